The van der Waals surface area contributed by atoms with E-state index in [0.717, 1.165) is 12.0 Å². The number of ether oxygens (including phenoxy) is 1. The number of carbonyl (C=O) groups excluding carboxylic acids is 1. The zero-order valence-electron chi connectivity index (χ0n) is 22.0. The van der Waals surface area contributed by atoms with Crippen molar-refractivity contribution >= 4 is 5.97 Å². The quantitative estimate of drug-likeness (QED) is 0.131. The second kappa shape index (κ2) is 23.4. The monoisotopic (exact) mass is 480 g/mol. The molecule has 0 aliphatic carbocycles. The third-order valence-electron chi connectivity index (χ3n) is 5.89. The van der Waals surface area contributed by atoms with E-state index in [0.29, 0.717) is 18.8 Å². The first-order chi connectivity index (χ1) is 17.3. The van der Waals surface area contributed by atoms with Gasteiger partial charge in [-0.2, -0.15) is 0 Å². The number of carbonyl (C=O) groups is 1. The fraction of sp³-hybridized carbons (Fsp3) is 0.531. The molecule has 2 rings (SSSR count). The van der Waals surface area contributed by atoms with Gasteiger partial charge in [-0.25, -0.2) is 4.79 Å². The summed E-state index contributed by atoms with van der Waals surface area (Å²) in [7, 11) is 0. The second-order valence-electron chi connectivity index (χ2n) is 9.09. The molecule has 0 spiro atoms. The van der Waals surface area contributed by atoms with Gasteiger partial charge in [-0.1, -0.05) is 125 Å². The van der Waals surface area contributed by atoms with Crippen molar-refractivity contribution in [2.75, 3.05) is 6.61 Å². The first kappa shape index (κ1) is 30.6. The molecule has 0 aromatic heterocycles. The van der Waals surface area contributed by atoms with E-state index in [-0.39, 0.29) is 5.97 Å². The van der Waals surface area contributed by atoms with Gasteiger partial charge in [0.2, 0.25) is 0 Å². The third kappa shape index (κ3) is 18.6. The maximum Gasteiger partial charge on any atom is 0.338 e. The molecular weight excluding hydrogens is 432 g/mol. The van der Waals surface area contributed by atoms with Crippen LogP contribution in [-0.4, -0.2) is 17.7 Å². The Balaban J connectivity index is 0.000000353. The van der Waals surface area contributed by atoms with Crippen molar-refractivity contribution in [1.82, 2.24) is 0 Å². The SMILES string of the molecule is CCCCCCCCC=CCCCCCCCCO.O=C(OCc1ccccc1)c1ccccc1. The zero-order chi connectivity index (χ0) is 25.2. The summed E-state index contributed by atoms with van der Waals surface area (Å²) in [6.07, 6.45) is 23.2. The van der Waals surface area contributed by atoms with Gasteiger partial charge in [0, 0.05) is 6.61 Å². The molecule has 0 radical (unpaired) electrons. The van der Waals surface area contributed by atoms with Crippen molar-refractivity contribution in [3.8, 4) is 0 Å². The molecule has 3 heteroatoms. The number of benzene rings is 2. The van der Waals surface area contributed by atoms with E-state index < -0.39 is 0 Å². The lowest BCUT2D eigenvalue weighted by atomic mass is 10.1. The van der Waals surface area contributed by atoms with Gasteiger partial charge >= 0.3 is 5.97 Å². The Hall–Kier alpha value is -2.39. The van der Waals surface area contributed by atoms with Crippen LogP contribution in [-0.2, 0) is 11.3 Å². The van der Waals surface area contributed by atoms with Crippen molar-refractivity contribution in [1.29, 1.82) is 0 Å². The largest absolute Gasteiger partial charge is 0.457 e. The molecule has 0 heterocycles. The van der Waals surface area contributed by atoms with Gasteiger partial charge in [0.1, 0.15) is 6.61 Å². The van der Waals surface area contributed by atoms with Gasteiger partial charge in [-0.05, 0) is 49.8 Å². The predicted octanol–water partition coefficient (Wildman–Crippen LogP) is 9.06. The average Bonchev–Trinajstić information content (AvgIpc) is 2.91. The fourth-order valence-corrected chi connectivity index (χ4v) is 3.74. The molecule has 2 aromatic rings. The third-order valence-corrected chi connectivity index (χ3v) is 5.89. The van der Waals surface area contributed by atoms with Crippen molar-refractivity contribution < 1.29 is 14.6 Å². The Labute approximate surface area is 214 Å². The van der Waals surface area contributed by atoms with Crippen molar-refractivity contribution in [2.45, 2.75) is 103 Å². The first-order valence-corrected chi connectivity index (χ1v) is 13.8. The summed E-state index contributed by atoms with van der Waals surface area (Å²) in [6, 6.07) is 18.6. The average molecular weight is 481 g/mol. The van der Waals surface area contributed by atoms with Crippen LogP contribution in [0.2, 0.25) is 0 Å². The summed E-state index contributed by atoms with van der Waals surface area (Å²) in [6.45, 7) is 2.95. The summed E-state index contributed by atoms with van der Waals surface area (Å²) in [5, 5.41) is 8.66. The molecule has 35 heavy (non-hydrogen) atoms. The predicted molar refractivity (Wildman–Crippen MR) is 149 cm³/mol. The van der Waals surface area contributed by atoms with Gasteiger partial charge in [-0.15, -0.1) is 0 Å². The highest BCUT2D eigenvalue weighted by Gasteiger charge is 2.05. The Morgan fingerprint density at radius 1 is 0.686 bits per heavy atom. The van der Waals surface area contributed by atoms with Gasteiger partial charge in [0.25, 0.3) is 0 Å². The van der Waals surface area contributed by atoms with E-state index in [9.17, 15) is 4.79 Å². The van der Waals surface area contributed by atoms with Crippen LogP contribution in [0.25, 0.3) is 0 Å². The maximum atomic E-state index is 11.6. The molecule has 0 amide bonds. The van der Waals surface area contributed by atoms with Crippen molar-refractivity contribution in [3.63, 3.8) is 0 Å². The number of rotatable bonds is 18. The molecule has 1 N–H and O–H groups in total. The van der Waals surface area contributed by atoms with Crippen LogP contribution in [0.5, 0.6) is 0 Å². The van der Waals surface area contributed by atoms with Crippen molar-refractivity contribution in [3.05, 3.63) is 83.9 Å². The minimum absolute atomic E-state index is 0.288. The minimum Gasteiger partial charge on any atom is -0.457 e. The van der Waals surface area contributed by atoms with E-state index >= 15 is 0 Å². The summed E-state index contributed by atoms with van der Waals surface area (Å²) in [4.78, 5) is 11.6. The van der Waals surface area contributed by atoms with Gasteiger partial charge in [0.15, 0.2) is 0 Å². The van der Waals surface area contributed by atoms with E-state index in [4.69, 9.17) is 9.84 Å². The normalized spacial score (nSPS) is 10.7. The molecule has 0 aliphatic rings. The lowest BCUT2D eigenvalue weighted by Crippen LogP contribution is -2.04. The highest BCUT2D eigenvalue weighted by molar-refractivity contribution is 5.89. The number of allylic oxidation sites excluding steroid dienone is 2. The second-order valence-corrected chi connectivity index (χ2v) is 9.09. The topological polar surface area (TPSA) is 46.5 Å². The molecule has 0 unspecified atom stereocenters. The summed E-state index contributed by atoms with van der Waals surface area (Å²) < 4.78 is 5.18. The highest BCUT2D eigenvalue weighted by Crippen LogP contribution is 2.10. The Kier molecular flexibility index (Phi) is 20.4. The number of aliphatic hydroxyl groups excluding tert-OH is 1. The molecule has 0 fully saturated rings. The lowest BCUT2D eigenvalue weighted by Gasteiger charge is -2.04. The minimum atomic E-state index is -0.288. The molecule has 194 valence electrons. The van der Waals surface area contributed by atoms with Crippen LogP contribution in [0.15, 0.2) is 72.8 Å². The van der Waals surface area contributed by atoms with Gasteiger partial charge in [0.05, 0.1) is 5.56 Å². The number of aliphatic hydroxyl groups is 1. The summed E-state index contributed by atoms with van der Waals surface area (Å²) >= 11 is 0. The molecule has 0 saturated heterocycles. The molecular formula is C32H48O3. The van der Waals surface area contributed by atoms with E-state index in [1.54, 1.807) is 12.1 Å². The molecule has 3 nitrogen and oxygen atoms in total. The number of hydrogen-bond donors (Lipinski definition) is 1. The van der Waals surface area contributed by atoms with Crippen molar-refractivity contribution in [2.24, 2.45) is 0 Å². The number of hydrogen-bond acceptors (Lipinski definition) is 3. The molecule has 2 aromatic carbocycles. The van der Waals surface area contributed by atoms with Crippen LogP contribution in [0.3, 0.4) is 0 Å². The van der Waals surface area contributed by atoms with Crippen LogP contribution < -0.4 is 0 Å². The van der Waals surface area contributed by atoms with Crippen LogP contribution in [0.1, 0.15) is 113 Å². The standard InChI is InChI=1S/C18H36O.C14H12O2/c1-2-3-4-5-6-7-8-9-10-11-12-13-14-15-16-17-18-19;15-14(13-9-5-2-6-10-13)16-11-12-7-3-1-4-8-12/h9-10,19H,2-8,11-18H2,1H3;1-10H,11H2. The Morgan fingerprint density at radius 2 is 1.17 bits per heavy atom. The van der Waals surface area contributed by atoms with Crippen LogP contribution in [0.4, 0.5) is 0 Å². The molecule has 0 aliphatic heterocycles. The van der Waals surface area contributed by atoms with Crippen LogP contribution in [0, 0.1) is 0 Å². The van der Waals surface area contributed by atoms with E-state index in [1.165, 1.54) is 83.5 Å². The highest BCUT2D eigenvalue weighted by atomic mass is 16.5. The lowest BCUT2D eigenvalue weighted by molar-refractivity contribution is 0.0472. The Morgan fingerprint density at radius 3 is 1.71 bits per heavy atom. The van der Waals surface area contributed by atoms with E-state index in [1.807, 2.05) is 48.5 Å². The molecule has 0 bridgehead atoms. The maximum absolute atomic E-state index is 11.6. The number of unbranched alkanes of at least 4 members (excludes halogenated alkanes) is 12. The molecule has 0 saturated carbocycles. The summed E-state index contributed by atoms with van der Waals surface area (Å²) in [5.74, 6) is -0.288. The number of esters is 1. The Bertz CT molecular complexity index is 740. The van der Waals surface area contributed by atoms with Gasteiger partial charge in [-0.3, -0.25) is 0 Å². The first-order valence-electron chi connectivity index (χ1n) is 13.8. The smallest absolute Gasteiger partial charge is 0.338 e. The summed E-state index contributed by atoms with van der Waals surface area (Å²) in [5.41, 5.74) is 1.57. The molecule has 0 atom stereocenters. The zero-order valence-corrected chi connectivity index (χ0v) is 22.0. The van der Waals surface area contributed by atoms with E-state index in [2.05, 4.69) is 19.1 Å². The fourth-order valence-electron chi connectivity index (χ4n) is 3.74. The van der Waals surface area contributed by atoms with Crippen LogP contribution >= 0.6 is 0 Å². The van der Waals surface area contributed by atoms with Gasteiger partial charge < -0.3 is 9.84 Å².